The average molecular weight is 328 g/mol. The lowest BCUT2D eigenvalue weighted by atomic mass is 10.2. The first-order valence-corrected chi connectivity index (χ1v) is 8.00. The molecular formula is C14H20N2O3S2. The minimum atomic E-state index is -0.999. The van der Waals surface area contributed by atoms with Crippen molar-refractivity contribution in [3.63, 3.8) is 0 Å². The second-order valence-corrected chi connectivity index (χ2v) is 6.30. The molecule has 0 aliphatic heterocycles. The van der Waals surface area contributed by atoms with E-state index in [9.17, 15) is 14.7 Å². The molecule has 1 rings (SSSR count). The van der Waals surface area contributed by atoms with E-state index in [0.29, 0.717) is 5.75 Å². The predicted molar refractivity (Wildman–Crippen MR) is 88.4 cm³/mol. The van der Waals surface area contributed by atoms with Crippen LogP contribution in [0.4, 0.5) is 0 Å². The van der Waals surface area contributed by atoms with E-state index in [1.165, 1.54) is 11.8 Å². The fraction of sp³-hybridized carbons (Fsp3) is 0.429. The van der Waals surface area contributed by atoms with Crippen molar-refractivity contribution in [1.29, 1.82) is 0 Å². The normalized spacial score (nSPS) is 13.7. The molecule has 0 saturated carbocycles. The predicted octanol–water partition coefficient (Wildman–Crippen LogP) is 1.66. The highest BCUT2D eigenvalue weighted by molar-refractivity contribution is 7.99. The number of nitrogens with zero attached hydrogens (tertiary/aromatic N) is 1. The van der Waals surface area contributed by atoms with Crippen LogP contribution in [-0.4, -0.2) is 46.7 Å². The number of hydrogen-bond donors (Lipinski definition) is 3. The van der Waals surface area contributed by atoms with Crippen molar-refractivity contribution in [3.8, 4) is 0 Å². The van der Waals surface area contributed by atoms with Crippen LogP contribution < -0.4 is 5.32 Å². The minimum Gasteiger partial charge on any atom is -0.481 e. The van der Waals surface area contributed by atoms with Gasteiger partial charge in [0.15, 0.2) is 4.99 Å². The molecule has 1 aromatic rings. The van der Waals surface area contributed by atoms with Gasteiger partial charge in [-0.25, -0.2) is 0 Å². The molecule has 0 aliphatic rings. The van der Waals surface area contributed by atoms with Gasteiger partial charge < -0.3 is 10.4 Å². The van der Waals surface area contributed by atoms with Crippen molar-refractivity contribution in [1.82, 2.24) is 10.2 Å². The van der Waals surface area contributed by atoms with Crippen molar-refractivity contribution >= 4 is 36.3 Å². The number of rotatable bonds is 8. The molecule has 0 radical (unpaired) electrons. The highest BCUT2D eigenvalue weighted by Crippen LogP contribution is 2.31. The number of hydrogen-bond acceptors (Lipinski definition) is 5. The first-order chi connectivity index (χ1) is 9.89. The summed E-state index contributed by atoms with van der Waals surface area (Å²) in [5.41, 5.74) is 1.07. The van der Waals surface area contributed by atoms with Crippen molar-refractivity contribution < 1.29 is 14.7 Å². The molecule has 1 aromatic carbocycles. The Morgan fingerprint density at radius 3 is 2.43 bits per heavy atom. The van der Waals surface area contributed by atoms with Crippen LogP contribution in [0.2, 0.25) is 0 Å². The minimum absolute atomic E-state index is 0.0150. The molecule has 1 atom stereocenters. The van der Waals surface area contributed by atoms with Crippen molar-refractivity contribution in [2.75, 3.05) is 19.8 Å². The molecule has 0 spiro atoms. The number of carbonyl (C=O) groups excluding carboxylic acids is 1. The third-order valence-electron chi connectivity index (χ3n) is 2.91. The first-order valence-electron chi connectivity index (χ1n) is 6.38. The average Bonchev–Trinajstić information content (AvgIpc) is 2.45. The fourth-order valence-electron chi connectivity index (χ4n) is 1.77. The number of aliphatic carboxylic acids is 1. The zero-order valence-electron chi connectivity index (χ0n) is 12.1. The van der Waals surface area contributed by atoms with Gasteiger partial charge in [-0.2, -0.15) is 12.6 Å². The summed E-state index contributed by atoms with van der Waals surface area (Å²) in [6.07, 6.45) is -0.197. The Hall–Kier alpha value is -1.18. The Bertz CT molecular complexity index is 482. The Kier molecular flexibility index (Phi) is 7.07. The van der Waals surface area contributed by atoms with Crippen LogP contribution in [-0.2, 0) is 15.3 Å². The highest BCUT2D eigenvalue weighted by Gasteiger charge is 2.37. The molecular weight excluding hydrogens is 308 g/mol. The van der Waals surface area contributed by atoms with Gasteiger partial charge in [0.05, 0.1) is 12.2 Å². The number of nitrogens with one attached hydrogen (secondary N) is 1. The van der Waals surface area contributed by atoms with Gasteiger partial charge >= 0.3 is 5.97 Å². The summed E-state index contributed by atoms with van der Waals surface area (Å²) in [6.45, 7) is 0. The van der Waals surface area contributed by atoms with E-state index in [-0.39, 0.29) is 18.1 Å². The first kappa shape index (κ1) is 17.9. The van der Waals surface area contributed by atoms with Gasteiger partial charge in [-0.05, 0) is 19.7 Å². The maximum absolute atomic E-state index is 11.7. The number of carboxylic acids is 1. The van der Waals surface area contributed by atoms with Crippen molar-refractivity contribution in [3.05, 3.63) is 35.9 Å². The Morgan fingerprint density at radius 2 is 1.95 bits per heavy atom. The summed E-state index contributed by atoms with van der Waals surface area (Å²) >= 11 is 5.32. The van der Waals surface area contributed by atoms with E-state index in [4.69, 9.17) is 0 Å². The van der Waals surface area contributed by atoms with Crippen LogP contribution in [0.5, 0.6) is 0 Å². The Labute approximate surface area is 134 Å². The number of thioether (sulfide) groups is 1. The molecule has 0 bridgehead atoms. The molecule has 116 valence electrons. The van der Waals surface area contributed by atoms with E-state index in [0.717, 1.165) is 5.56 Å². The number of amides is 1. The summed E-state index contributed by atoms with van der Waals surface area (Å²) in [5.74, 6) is -0.655. The molecule has 5 nitrogen and oxygen atoms in total. The molecule has 0 aromatic heterocycles. The second kappa shape index (κ2) is 8.31. The number of carbonyl (C=O) groups is 2. The summed E-state index contributed by atoms with van der Waals surface area (Å²) < 4.78 is 0. The van der Waals surface area contributed by atoms with E-state index < -0.39 is 11.0 Å². The monoisotopic (exact) mass is 328 g/mol. The van der Waals surface area contributed by atoms with Gasteiger partial charge in [0.1, 0.15) is 0 Å². The highest BCUT2D eigenvalue weighted by atomic mass is 32.2. The largest absolute Gasteiger partial charge is 0.481 e. The second-order valence-electron chi connectivity index (χ2n) is 4.73. The molecule has 0 fully saturated rings. The van der Waals surface area contributed by atoms with E-state index >= 15 is 0 Å². The smallest absolute Gasteiger partial charge is 0.308 e. The zero-order chi connectivity index (χ0) is 15.9. The van der Waals surface area contributed by atoms with Gasteiger partial charge in [0, 0.05) is 5.75 Å². The molecule has 0 heterocycles. The van der Waals surface area contributed by atoms with E-state index in [1.54, 1.807) is 19.0 Å². The van der Waals surface area contributed by atoms with Crippen LogP contribution in [0.1, 0.15) is 12.0 Å². The van der Waals surface area contributed by atoms with Crippen LogP contribution in [0, 0.1) is 0 Å². The molecule has 7 heteroatoms. The van der Waals surface area contributed by atoms with Gasteiger partial charge in [-0.3, -0.25) is 14.5 Å². The molecule has 0 saturated heterocycles. The standard InChI is InChI=1S/C14H20N2O3S2/c1-16(2)14(8-13(18)19,15-12(17)9-20)21-10-11-6-4-3-5-7-11/h3-7,20H,8-10H2,1-2H3,(H,15,17)(H,18,19). The molecule has 2 N–H and O–H groups in total. The van der Waals surface area contributed by atoms with Gasteiger partial charge in [0.25, 0.3) is 0 Å². The summed E-state index contributed by atoms with van der Waals surface area (Å²) in [6, 6.07) is 9.71. The van der Waals surface area contributed by atoms with Crippen LogP contribution in [0.25, 0.3) is 0 Å². The van der Waals surface area contributed by atoms with Crippen LogP contribution in [0.3, 0.4) is 0 Å². The maximum Gasteiger partial charge on any atom is 0.308 e. The topological polar surface area (TPSA) is 69.6 Å². The van der Waals surface area contributed by atoms with E-state index in [1.807, 2.05) is 30.3 Å². The number of carboxylic acid groups (broad SMARTS) is 1. The third-order valence-corrected chi connectivity index (χ3v) is 4.77. The van der Waals surface area contributed by atoms with Crippen molar-refractivity contribution in [2.24, 2.45) is 0 Å². The Balaban J connectivity index is 2.92. The lowest BCUT2D eigenvalue weighted by Gasteiger charge is -2.38. The molecule has 21 heavy (non-hydrogen) atoms. The molecule has 1 unspecified atom stereocenters. The lowest BCUT2D eigenvalue weighted by molar-refractivity contribution is -0.139. The number of thiol groups is 1. The lowest BCUT2D eigenvalue weighted by Crippen LogP contribution is -2.57. The van der Waals surface area contributed by atoms with Crippen LogP contribution in [0.15, 0.2) is 30.3 Å². The summed E-state index contributed by atoms with van der Waals surface area (Å²) in [5, 5.41) is 11.9. The van der Waals surface area contributed by atoms with Crippen LogP contribution >= 0.6 is 24.4 Å². The number of benzene rings is 1. The van der Waals surface area contributed by atoms with Crippen molar-refractivity contribution in [2.45, 2.75) is 17.2 Å². The SMILES string of the molecule is CN(C)C(CC(=O)O)(NC(=O)CS)SCc1ccccc1. The third kappa shape index (κ3) is 5.61. The quantitative estimate of drug-likeness (QED) is 0.500. The Morgan fingerprint density at radius 1 is 1.33 bits per heavy atom. The molecule has 1 amide bonds. The molecule has 0 aliphatic carbocycles. The summed E-state index contributed by atoms with van der Waals surface area (Å²) in [4.78, 5) is 23.6. The van der Waals surface area contributed by atoms with Gasteiger partial charge in [0.2, 0.25) is 5.91 Å². The maximum atomic E-state index is 11.7. The zero-order valence-corrected chi connectivity index (χ0v) is 13.8. The van der Waals surface area contributed by atoms with Gasteiger partial charge in [-0.15, -0.1) is 11.8 Å². The summed E-state index contributed by atoms with van der Waals surface area (Å²) in [7, 11) is 3.50. The fourth-order valence-corrected chi connectivity index (χ4v) is 3.12. The van der Waals surface area contributed by atoms with E-state index in [2.05, 4.69) is 17.9 Å². The van der Waals surface area contributed by atoms with Gasteiger partial charge in [-0.1, -0.05) is 30.3 Å².